The van der Waals surface area contributed by atoms with Crippen LogP contribution in [0.5, 0.6) is 0 Å². The minimum atomic E-state index is -0.600. The summed E-state index contributed by atoms with van der Waals surface area (Å²) in [6.45, 7) is 0. The fraction of sp³-hybridized carbons (Fsp3) is 0.714. The smallest absolute Gasteiger partial charge is 0.327 e. The van der Waals surface area contributed by atoms with Gasteiger partial charge >= 0.3 is 11.8 Å². The Bertz CT molecular complexity index is 360. The SMILES string of the molecule is O=C(NNC1=CCCCCC1)C(=O)NC1CCCC1. The third kappa shape index (κ3) is 4.58. The van der Waals surface area contributed by atoms with E-state index >= 15 is 0 Å². The van der Waals surface area contributed by atoms with Crippen molar-refractivity contribution < 1.29 is 9.59 Å². The van der Waals surface area contributed by atoms with Gasteiger partial charge in [-0.05, 0) is 38.5 Å². The lowest BCUT2D eigenvalue weighted by Crippen LogP contribution is -2.48. The molecule has 1 fully saturated rings. The Morgan fingerprint density at radius 1 is 1.00 bits per heavy atom. The van der Waals surface area contributed by atoms with Gasteiger partial charge in [0.05, 0.1) is 0 Å². The second-order valence-electron chi connectivity index (χ2n) is 5.36. The standard InChI is InChI=1S/C14H23N3O2/c18-13(15-11-7-5-6-8-11)14(19)17-16-12-9-3-1-2-4-10-12/h9,11,16H,1-8,10H2,(H,15,18)(H,17,19). The highest BCUT2D eigenvalue weighted by Gasteiger charge is 2.21. The number of hydrogen-bond donors (Lipinski definition) is 3. The number of carbonyl (C=O) groups excluding carboxylic acids is 2. The molecule has 0 heterocycles. The van der Waals surface area contributed by atoms with Crippen molar-refractivity contribution in [1.29, 1.82) is 0 Å². The van der Waals surface area contributed by atoms with Crippen LogP contribution in [0.3, 0.4) is 0 Å². The fourth-order valence-corrected chi connectivity index (χ4v) is 2.64. The number of carbonyl (C=O) groups is 2. The quantitative estimate of drug-likeness (QED) is 0.535. The van der Waals surface area contributed by atoms with E-state index in [0.29, 0.717) is 0 Å². The van der Waals surface area contributed by atoms with Crippen molar-refractivity contribution in [3.8, 4) is 0 Å². The van der Waals surface area contributed by atoms with Crippen LogP contribution in [0.4, 0.5) is 0 Å². The van der Waals surface area contributed by atoms with Crippen molar-refractivity contribution in [3.05, 3.63) is 11.8 Å². The summed E-state index contributed by atoms with van der Waals surface area (Å²) in [5.74, 6) is -1.13. The average molecular weight is 265 g/mol. The van der Waals surface area contributed by atoms with Crippen molar-refractivity contribution in [2.45, 2.75) is 63.8 Å². The molecule has 5 heteroatoms. The van der Waals surface area contributed by atoms with Crippen molar-refractivity contribution >= 4 is 11.8 Å². The maximum Gasteiger partial charge on any atom is 0.327 e. The van der Waals surface area contributed by atoms with Crippen LogP contribution in [0.15, 0.2) is 11.8 Å². The van der Waals surface area contributed by atoms with E-state index < -0.39 is 11.8 Å². The molecular weight excluding hydrogens is 242 g/mol. The Hall–Kier alpha value is -1.52. The van der Waals surface area contributed by atoms with Gasteiger partial charge in [-0.1, -0.05) is 25.3 Å². The summed E-state index contributed by atoms with van der Waals surface area (Å²) < 4.78 is 0. The summed E-state index contributed by atoms with van der Waals surface area (Å²) in [5, 5.41) is 2.77. The molecule has 0 radical (unpaired) electrons. The normalized spacial score (nSPS) is 20.3. The Morgan fingerprint density at radius 3 is 2.58 bits per heavy atom. The molecule has 5 nitrogen and oxygen atoms in total. The molecule has 2 aliphatic rings. The highest BCUT2D eigenvalue weighted by atomic mass is 16.2. The summed E-state index contributed by atoms with van der Waals surface area (Å²) in [5.41, 5.74) is 6.37. The summed E-state index contributed by atoms with van der Waals surface area (Å²) in [6, 6.07) is 0.176. The molecule has 0 aromatic carbocycles. The number of hydrazine groups is 1. The molecule has 1 saturated carbocycles. The van der Waals surface area contributed by atoms with E-state index in [1.807, 2.05) is 0 Å². The first-order chi connectivity index (χ1) is 9.25. The molecule has 2 amide bonds. The second-order valence-corrected chi connectivity index (χ2v) is 5.36. The topological polar surface area (TPSA) is 70.2 Å². The molecule has 0 saturated heterocycles. The van der Waals surface area contributed by atoms with Crippen LogP contribution in [0.25, 0.3) is 0 Å². The highest BCUT2D eigenvalue weighted by molar-refractivity contribution is 6.35. The van der Waals surface area contributed by atoms with E-state index in [1.165, 1.54) is 12.8 Å². The predicted octanol–water partition coefficient (Wildman–Crippen LogP) is 1.51. The lowest BCUT2D eigenvalue weighted by atomic mass is 10.2. The van der Waals surface area contributed by atoms with Crippen LogP contribution >= 0.6 is 0 Å². The highest BCUT2D eigenvalue weighted by Crippen LogP contribution is 2.17. The molecule has 0 aromatic rings. The van der Waals surface area contributed by atoms with Crippen LogP contribution in [-0.2, 0) is 9.59 Å². The number of amides is 2. The van der Waals surface area contributed by atoms with Crippen molar-refractivity contribution in [1.82, 2.24) is 16.2 Å². The van der Waals surface area contributed by atoms with Gasteiger partial charge < -0.3 is 10.7 Å². The number of hydrogen-bond acceptors (Lipinski definition) is 3. The Balaban J connectivity index is 1.70. The van der Waals surface area contributed by atoms with Crippen LogP contribution in [0, 0.1) is 0 Å². The van der Waals surface area contributed by atoms with Gasteiger partial charge in [-0.2, -0.15) is 0 Å². The molecule has 0 unspecified atom stereocenters. The zero-order valence-corrected chi connectivity index (χ0v) is 11.3. The zero-order chi connectivity index (χ0) is 13.5. The van der Waals surface area contributed by atoms with E-state index in [2.05, 4.69) is 22.2 Å². The lowest BCUT2D eigenvalue weighted by Gasteiger charge is -2.13. The molecule has 2 rings (SSSR count). The van der Waals surface area contributed by atoms with Gasteiger partial charge in [0.1, 0.15) is 0 Å². The van der Waals surface area contributed by atoms with Gasteiger partial charge in [0.25, 0.3) is 0 Å². The van der Waals surface area contributed by atoms with Crippen molar-refractivity contribution in [3.63, 3.8) is 0 Å². The first-order valence-corrected chi connectivity index (χ1v) is 7.31. The fourth-order valence-electron chi connectivity index (χ4n) is 2.64. The summed E-state index contributed by atoms with van der Waals surface area (Å²) in [4.78, 5) is 23.3. The first kappa shape index (κ1) is 13.9. The largest absolute Gasteiger partial charge is 0.345 e. The molecule has 2 aliphatic carbocycles. The maximum atomic E-state index is 11.7. The van der Waals surface area contributed by atoms with E-state index in [0.717, 1.165) is 50.6 Å². The Kier molecular flexibility index (Phi) is 5.24. The minimum Gasteiger partial charge on any atom is -0.345 e. The number of rotatable bonds is 3. The van der Waals surface area contributed by atoms with Crippen LogP contribution in [0.1, 0.15) is 57.8 Å². The molecule has 0 spiro atoms. The Morgan fingerprint density at radius 2 is 1.79 bits per heavy atom. The van der Waals surface area contributed by atoms with E-state index in [9.17, 15) is 9.59 Å². The predicted molar refractivity (Wildman–Crippen MR) is 72.8 cm³/mol. The van der Waals surface area contributed by atoms with E-state index in [4.69, 9.17) is 0 Å². The first-order valence-electron chi connectivity index (χ1n) is 7.31. The third-order valence-corrected chi connectivity index (χ3v) is 3.77. The molecule has 0 atom stereocenters. The summed E-state index contributed by atoms with van der Waals surface area (Å²) in [7, 11) is 0. The van der Waals surface area contributed by atoms with Crippen LogP contribution < -0.4 is 16.2 Å². The Labute approximate surface area is 114 Å². The number of nitrogens with one attached hydrogen (secondary N) is 3. The van der Waals surface area contributed by atoms with Gasteiger partial charge in [-0.15, -0.1) is 0 Å². The van der Waals surface area contributed by atoms with E-state index in [-0.39, 0.29) is 6.04 Å². The third-order valence-electron chi connectivity index (χ3n) is 3.77. The molecular formula is C14H23N3O2. The van der Waals surface area contributed by atoms with Crippen molar-refractivity contribution in [2.24, 2.45) is 0 Å². The molecule has 3 N–H and O–H groups in total. The van der Waals surface area contributed by atoms with Crippen LogP contribution in [0.2, 0.25) is 0 Å². The molecule has 106 valence electrons. The van der Waals surface area contributed by atoms with Crippen LogP contribution in [-0.4, -0.2) is 17.9 Å². The van der Waals surface area contributed by atoms with Gasteiger partial charge in [0, 0.05) is 11.7 Å². The lowest BCUT2D eigenvalue weighted by molar-refractivity contribution is -0.140. The monoisotopic (exact) mass is 265 g/mol. The zero-order valence-electron chi connectivity index (χ0n) is 11.3. The van der Waals surface area contributed by atoms with Gasteiger partial charge in [0.2, 0.25) is 0 Å². The average Bonchev–Trinajstić information content (AvgIpc) is 2.77. The summed E-state index contributed by atoms with van der Waals surface area (Å²) >= 11 is 0. The van der Waals surface area contributed by atoms with Gasteiger partial charge in [-0.3, -0.25) is 15.0 Å². The summed E-state index contributed by atoms with van der Waals surface area (Å²) in [6.07, 6.45) is 11.9. The molecule has 19 heavy (non-hydrogen) atoms. The van der Waals surface area contributed by atoms with E-state index in [1.54, 1.807) is 0 Å². The molecule has 0 aromatic heterocycles. The molecule has 0 aliphatic heterocycles. The van der Waals surface area contributed by atoms with Gasteiger partial charge in [-0.25, -0.2) is 0 Å². The maximum absolute atomic E-state index is 11.7. The van der Waals surface area contributed by atoms with Crippen molar-refractivity contribution in [2.75, 3.05) is 0 Å². The molecule has 0 bridgehead atoms. The number of allylic oxidation sites excluding steroid dienone is 2. The second kappa shape index (κ2) is 7.16. The minimum absolute atomic E-state index is 0.176. The van der Waals surface area contributed by atoms with Gasteiger partial charge in [0.15, 0.2) is 0 Å².